The molecule has 0 spiro atoms. The molecule has 0 saturated carbocycles. The number of nitrogens with one attached hydrogen (secondary N) is 3. The van der Waals surface area contributed by atoms with Crippen LogP contribution in [-0.4, -0.2) is 39.8 Å². The molecule has 3 N–H and O–H groups in total. The second-order valence-electron chi connectivity index (χ2n) is 9.04. The van der Waals surface area contributed by atoms with Crippen molar-refractivity contribution in [1.82, 2.24) is 25.4 Å². The summed E-state index contributed by atoms with van der Waals surface area (Å²) in [6, 6.07) is 8.88. The molecule has 1 aliphatic heterocycles. The molecule has 0 radical (unpaired) electrons. The van der Waals surface area contributed by atoms with Crippen molar-refractivity contribution >= 4 is 43.8 Å². The third kappa shape index (κ3) is 4.65. The number of fused-ring (bicyclic) bond motifs is 2. The van der Waals surface area contributed by atoms with Crippen molar-refractivity contribution in [2.75, 3.05) is 18.4 Å². The molecule has 1 aromatic carbocycles. The first-order valence-corrected chi connectivity index (χ1v) is 13.3. The fourth-order valence-corrected chi connectivity index (χ4v) is 6.71. The summed E-state index contributed by atoms with van der Waals surface area (Å²) in [5.74, 6) is 0.0379. The molecule has 0 bridgehead atoms. The van der Waals surface area contributed by atoms with Crippen molar-refractivity contribution in [3.63, 3.8) is 0 Å². The minimum Gasteiger partial charge on any atom is -0.317 e. The Balaban J connectivity index is 1.49. The number of carbonyl (C=O) groups excluding carboxylic acids is 1. The highest BCUT2D eigenvalue weighted by Gasteiger charge is 2.25. The number of nitrogens with zero attached hydrogens (tertiary/aromatic N) is 3. The molecule has 4 heterocycles. The zero-order valence-electron chi connectivity index (χ0n) is 20.0. The maximum absolute atomic E-state index is 12.7. The second kappa shape index (κ2) is 9.58. The first-order chi connectivity index (χ1) is 16.4. The Morgan fingerprint density at radius 1 is 1.26 bits per heavy atom. The number of hydrogen-bond donors (Lipinski definition) is 3. The van der Waals surface area contributed by atoms with Crippen molar-refractivity contribution in [3.8, 4) is 21.8 Å². The molecule has 34 heavy (non-hydrogen) atoms. The Morgan fingerprint density at radius 3 is 2.88 bits per heavy atom. The third-order valence-electron chi connectivity index (χ3n) is 5.98. The van der Waals surface area contributed by atoms with E-state index in [-0.39, 0.29) is 5.91 Å². The minimum absolute atomic E-state index is 0.0379. The maximum Gasteiger partial charge on any atom is 0.226 e. The zero-order valence-corrected chi connectivity index (χ0v) is 21.6. The number of rotatable bonds is 7. The predicted octanol–water partition coefficient (Wildman–Crippen LogP) is 4.71. The standard InChI is InChI=1S/C25H30N6OS2/c1-14(2)27-10-8-22(32)29-25-23(17-7-9-26-13-21(17)34-25)24-28-18-12-16(5-6-20(18)33-24)19-11-15(3)30-31(19)4/h5-6,11-12,14,26-27H,7-10,13H2,1-4H3,(H,29,32). The van der Waals surface area contributed by atoms with E-state index >= 15 is 0 Å². The molecule has 0 aliphatic carbocycles. The fraction of sp³-hybridized carbons (Fsp3) is 0.400. The maximum atomic E-state index is 12.7. The Hall–Kier alpha value is -2.59. The monoisotopic (exact) mass is 494 g/mol. The lowest BCUT2D eigenvalue weighted by Crippen LogP contribution is -2.27. The van der Waals surface area contributed by atoms with E-state index < -0.39 is 0 Å². The van der Waals surface area contributed by atoms with Crippen LogP contribution in [0, 0.1) is 6.92 Å². The molecule has 3 aromatic heterocycles. The van der Waals surface area contributed by atoms with Gasteiger partial charge in [0.15, 0.2) is 0 Å². The van der Waals surface area contributed by atoms with E-state index in [1.807, 2.05) is 18.7 Å². The fourth-order valence-electron chi connectivity index (χ4n) is 4.39. The van der Waals surface area contributed by atoms with E-state index in [1.54, 1.807) is 22.7 Å². The van der Waals surface area contributed by atoms with Gasteiger partial charge in [-0.3, -0.25) is 9.48 Å². The molecule has 0 unspecified atom stereocenters. The Kier molecular flexibility index (Phi) is 6.52. The van der Waals surface area contributed by atoms with E-state index in [9.17, 15) is 4.79 Å². The number of carbonyl (C=O) groups is 1. The molecule has 0 fully saturated rings. The van der Waals surface area contributed by atoms with Crippen molar-refractivity contribution in [1.29, 1.82) is 0 Å². The summed E-state index contributed by atoms with van der Waals surface area (Å²) in [5, 5.41) is 16.3. The lowest BCUT2D eigenvalue weighted by molar-refractivity contribution is -0.116. The number of hydrogen-bond acceptors (Lipinski definition) is 7. The summed E-state index contributed by atoms with van der Waals surface area (Å²) in [7, 11) is 1.97. The van der Waals surface area contributed by atoms with Crippen LogP contribution in [0.2, 0.25) is 0 Å². The van der Waals surface area contributed by atoms with Crippen LogP contribution in [0.5, 0.6) is 0 Å². The molecule has 178 valence electrons. The van der Waals surface area contributed by atoms with Crippen molar-refractivity contribution < 1.29 is 4.79 Å². The van der Waals surface area contributed by atoms with E-state index in [0.29, 0.717) is 19.0 Å². The normalized spacial score (nSPS) is 13.6. The van der Waals surface area contributed by atoms with Gasteiger partial charge < -0.3 is 16.0 Å². The van der Waals surface area contributed by atoms with Gasteiger partial charge >= 0.3 is 0 Å². The third-order valence-corrected chi connectivity index (χ3v) is 8.19. The van der Waals surface area contributed by atoms with Gasteiger partial charge in [0, 0.05) is 48.6 Å². The van der Waals surface area contributed by atoms with E-state index in [4.69, 9.17) is 4.98 Å². The highest BCUT2D eigenvalue weighted by atomic mass is 32.1. The molecule has 1 amide bonds. The number of thiazole rings is 1. The van der Waals surface area contributed by atoms with Gasteiger partial charge in [-0.05, 0) is 43.7 Å². The number of amides is 1. The first kappa shape index (κ1) is 23.2. The van der Waals surface area contributed by atoms with Gasteiger partial charge in [-0.15, -0.1) is 22.7 Å². The summed E-state index contributed by atoms with van der Waals surface area (Å²) in [6.07, 6.45) is 1.40. The van der Waals surface area contributed by atoms with Crippen molar-refractivity contribution in [2.45, 2.75) is 46.2 Å². The summed E-state index contributed by atoms with van der Waals surface area (Å²) in [4.78, 5) is 19.1. The largest absolute Gasteiger partial charge is 0.317 e. The van der Waals surface area contributed by atoms with Crippen molar-refractivity contribution in [2.24, 2.45) is 7.05 Å². The predicted molar refractivity (Wildman–Crippen MR) is 142 cm³/mol. The van der Waals surface area contributed by atoms with Crippen LogP contribution in [0.25, 0.3) is 32.0 Å². The number of aromatic nitrogens is 3. The molecule has 5 rings (SSSR count). The quantitative estimate of drug-likeness (QED) is 0.347. The number of thiophene rings is 1. The molecule has 4 aromatic rings. The van der Waals surface area contributed by atoms with E-state index in [2.05, 4.69) is 59.2 Å². The van der Waals surface area contributed by atoms with Gasteiger partial charge in [0.05, 0.1) is 21.6 Å². The summed E-state index contributed by atoms with van der Waals surface area (Å²) < 4.78 is 3.05. The Labute approximate surface area is 207 Å². The van der Waals surface area contributed by atoms with Crippen LogP contribution in [-0.2, 0) is 24.8 Å². The van der Waals surface area contributed by atoms with Gasteiger partial charge in [-0.1, -0.05) is 19.9 Å². The van der Waals surface area contributed by atoms with Crippen LogP contribution < -0.4 is 16.0 Å². The average Bonchev–Trinajstić information content (AvgIpc) is 3.46. The van der Waals surface area contributed by atoms with E-state index in [1.165, 1.54) is 10.4 Å². The van der Waals surface area contributed by atoms with Gasteiger partial charge in [0.1, 0.15) is 10.0 Å². The molecule has 7 nitrogen and oxygen atoms in total. The average molecular weight is 495 g/mol. The molecule has 9 heteroatoms. The molecular weight excluding hydrogens is 464 g/mol. The second-order valence-corrected chi connectivity index (χ2v) is 11.2. The molecular formula is C25H30N6OS2. The van der Waals surface area contributed by atoms with Crippen LogP contribution in [0.4, 0.5) is 5.00 Å². The SMILES string of the molecule is Cc1cc(-c2ccc3sc(-c4c(NC(=O)CCNC(C)C)sc5c4CCNC5)nc3c2)n(C)n1. The molecule has 0 saturated heterocycles. The topological polar surface area (TPSA) is 83.9 Å². The van der Waals surface area contributed by atoms with Gasteiger partial charge in [0.2, 0.25) is 5.91 Å². The van der Waals surface area contributed by atoms with Crippen LogP contribution >= 0.6 is 22.7 Å². The number of benzene rings is 1. The minimum atomic E-state index is 0.0379. The summed E-state index contributed by atoms with van der Waals surface area (Å²) in [5.41, 5.74) is 6.58. The number of anilines is 1. The van der Waals surface area contributed by atoms with E-state index in [0.717, 1.165) is 62.3 Å². The van der Waals surface area contributed by atoms with Gasteiger partial charge in [0.25, 0.3) is 0 Å². The molecule has 1 aliphatic rings. The van der Waals surface area contributed by atoms with Gasteiger partial charge in [-0.2, -0.15) is 5.10 Å². The first-order valence-electron chi connectivity index (χ1n) is 11.7. The van der Waals surface area contributed by atoms with Crippen LogP contribution in [0.1, 0.15) is 36.4 Å². The highest BCUT2D eigenvalue weighted by molar-refractivity contribution is 7.23. The number of aryl methyl sites for hydroxylation is 2. The zero-order chi connectivity index (χ0) is 23.8. The van der Waals surface area contributed by atoms with Crippen LogP contribution in [0.15, 0.2) is 24.3 Å². The van der Waals surface area contributed by atoms with Crippen LogP contribution in [0.3, 0.4) is 0 Å². The lowest BCUT2D eigenvalue weighted by Gasteiger charge is -2.13. The molecule has 0 atom stereocenters. The summed E-state index contributed by atoms with van der Waals surface area (Å²) >= 11 is 3.37. The van der Waals surface area contributed by atoms with Gasteiger partial charge in [-0.25, -0.2) is 4.98 Å². The lowest BCUT2D eigenvalue weighted by atomic mass is 10.0. The highest BCUT2D eigenvalue weighted by Crippen LogP contribution is 2.45. The Bertz CT molecular complexity index is 1350. The Morgan fingerprint density at radius 2 is 2.12 bits per heavy atom. The summed E-state index contributed by atoms with van der Waals surface area (Å²) in [6.45, 7) is 8.63. The smallest absolute Gasteiger partial charge is 0.226 e. The van der Waals surface area contributed by atoms with Crippen molar-refractivity contribution in [3.05, 3.63) is 40.4 Å².